The largest absolute Gasteiger partial charge is 0.416 e. The van der Waals surface area contributed by atoms with Gasteiger partial charge in [-0.2, -0.15) is 13.2 Å². The van der Waals surface area contributed by atoms with Gasteiger partial charge >= 0.3 is 6.18 Å². The first-order valence-electron chi connectivity index (χ1n) is 7.57. The van der Waals surface area contributed by atoms with E-state index < -0.39 is 29.1 Å². The SMILES string of the molecule is CC(=O)Nc1cc(C(=O)NC(C)(CN)C2CC2)cc(C(F)(F)F)c1. The van der Waals surface area contributed by atoms with E-state index in [-0.39, 0.29) is 23.7 Å². The number of carbonyl (C=O) groups is 2. The zero-order valence-electron chi connectivity index (χ0n) is 13.5. The highest BCUT2D eigenvalue weighted by molar-refractivity contribution is 5.97. The molecular weight excluding hydrogens is 323 g/mol. The third-order valence-corrected chi connectivity index (χ3v) is 4.14. The Bertz CT molecular complexity index is 656. The zero-order valence-corrected chi connectivity index (χ0v) is 13.5. The number of rotatable bonds is 5. The molecule has 1 aliphatic carbocycles. The summed E-state index contributed by atoms with van der Waals surface area (Å²) in [6.45, 7) is 3.16. The van der Waals surface area contributed by atoms with Crippen molar-refractivity contribution in [1.29, 1.82) is 0 Å². The topological polar surface area (TPSA) is 84.2 Å². The van der Waals surface area contributed by atoms with Gasteiger partial charge < -0.3 is 16.4 Å². The Morgan fingerprint density at radius 3 is 2.33 bits per heavy atom. The van der Waals surface area contributed by atoms with E-state index in [1.165, 1.54) is 13.0 Å². The Balaban J connectivity index is 2.33. The molecule has 2 rings (SSSR count). The second-order valence-electron chi connectivity index (χ2n) is 6.33. The van der Waals surface area contributed by atoms with Gasteiger partial charge in [0.25, 0.3) is 5.91 Å². The van der Waals surface area contributed by atoms with Crippen LogP contribution in [0.15, 0.2) is 18.2 Å². The van der Waals surface area contributed by atoms with Gasteiger partial charge in [-0.25, -0.2) is 0 Å². The average Bonchev–Trinajstić information content (AvgIpc) is 3.30. The number of anilines is 1. The summed E-state index contributed by atoms with van der Waals surface area (Å²) in [5.41, 5.74) is 3.81. The van der Waals surface area contributed by atoms with E-state index in [0.717, 1.165) is 25.0 Å². The molecule has 2 amide bonds. The molecule has 1 saturated carbocycles. The van der Waals surface area contributed by atoms with Crippen LogP contribution in [0.3, 0.4) is 0 Å². The number of halogens is 3. The van der Waals surface area contributed by atoms with Gasteiger partial charge in [0.1, 0.15) is 0 Å². The van der Waals surface area contributed by atoms with Crippen LogP contribution in [0.25, 0.3) is 0 Å². The molecule has 5 nitrogen and oxygen atoms in total. The Kier molecular flexibility index (Phi) is 4.89. The minimum Gasteiger partial charge on any atom is -0.345 e. The fraction of sp³-hybridized carbons (Fsp3) is 0.500. The Labute approximate surface area is 137 Å². The van der Waals surface area contributed by atoms with Crippen molar-refractivity contribution >= 4 is 17.5 Å². The highest BCUT2D eigenvalue weighted by atomic mass is 19.4. The second-order valence-corrected chi connectivity index (χ2v) is 6.33. The number of amides is 2. The van der Waals surface area contributed by atoms with Crippen LogP contribution in [0.1, 0.15) is 42.6 Å². The summed E-state index contributed by atoms with van der Waals surface area (Å²) in [6, 6.07) is 2.78. The number of benzene rings is 1. The summed E-state index contributed by atoms with van der Waals surface area (Å²) in [5.74, 6) is -0.940. The smallest absolute Gasteiger partial charge is 0.345 e. The molecule has 24 heavy (non-hydrogen) atoms. The maximum Gasteiger partial charge on any atom is 0.416 e. The van der Waals surface area contributed by atoms with Crippen molar-refractivity contribution < 1.29 is 22.8 Å². The molecule has 8 heteroatoms. The monoisotopic (exact) mass is 343 g/mol. The number of nitrogens with one attached hydrogen (secondary N) is 2. The molecule has 0 heterocycles. The minimum absolute atomic E-state index is 0.0802. The number of nitrogens with two attached hydrogens (primary N) is 1. The van der Waals surface area contributed by atoms with E-state index in [1.807, 2.05) is 0 Å². The molecule has 0 radical (unpaired) electrons. The molecule has 0 bridgehead atoms. The van der Waals surface area contributed by atoms with Crippen LogP contribution in [0.5, 0.6) is 0 Å². The fourth-order valence-corrected chi connectivity index (χ4v) is 2.57. The van der Waals surface area contributed by atoms with Gasteiger partial charge in [0.05, 0.1) is 11.1 Å². The molecule has 1 aromatic rings. The van der Waals surface area contributed by atoms with E-state index in [4.69, 9.17) is 5.73 Å². The van der Waals surface area contributed by atoms with Gasteiger partial charge in [0.2, 0.25) is 5.91 Å². The lowest BCUT2D eigenvalue weighted by atomic mass is 9.95. The maximum absolute atomic E-state index is 13.0. The summed E-state index contributed by atoms with van der Waals surface area (Å²) in [4.78, 5) is 23.5. The Morgan fingerprint density at radius 1 is 1.25 bits per heavy atom. The first kappa shape index (κ1) is 18.3. The van der Waals surface area contributed by atoms with Gasteiger partial charge in [0, 0.05) is 24.7 Å². The molecular formula is C16H20F3N3O2. The molecule has 0 spiro atoms. The predicted octanol–water partition coefficient (Wildman–Crippen LogP) is 2.52. The summed E-state index contributed by atoms with van der Waals surface area (Å²) in [7, 11) is 0. The lowest BCUT2D eigenvalue weighted by molar-refractivity contribution is -0.137. The van der Waals surface area contributed by atoms with E-state index in [0.29, 0.717) is 0 Å². The van der Waals surface area contributed by atoms with Crippen molar-refractivity contribution in [3.8, 4) is 0 Å². The van der Waals surface area contributed by atoms with Crippen molar-refractivity contribution in [2.24, 2.45) is 11.7 Å². The van der Waals surface area contributed by atoms with Gasteiger partial charge in [-0.05, 0) is 43.9 Å². The quantitative estimate of drug-likeness (QED) is 0.768. The summed E-state index contributed by atoms with van der Waals surface area (Å²) < 4.78 is 39.1. The molecule has 1 atom stereocenters. The molecule has 132 valence electrons. The lowest BCUT2D eigenvalue weighted by Gasteiger charge is -2.29. The van der Waals surface area contributed by atoms with Gasteiger partial charge in [-0.1, -0.05) is 0 Å². The molecule has 1 fully saturated rings. The van der Waals surface area contributed by atoms with Crippen molar-refractivity contribution in [2.45, 2.75) is 38.4 Å². The highest BCUT2D eigenvalue weighted by Gasteiger charge is 2.42. The van der Waals surface area contributed by atoms with Crippen molar-refractivity contribution in [1.82, 2.24) is 5.32 Å². The predicted molar refractivity (Wildman–Crippen MR) is 83.4 cm³/mol. The van der Waals surface area contributed by atoms with E-state index in [2.05, 4.69) is 10.6 Å². The first-order valence-corrected chi connectivity index (χ1v) is 7.57. The number of hydrogen-bond acceptors (Lipinski definition) is 3. The molecule has 1 unspecified atom stereocenters. The van der Waals surface area contributed by atoms with Crippen molar-refractivity contribution in [2.75, 3.05) is 11.9 Å². The van der Waals surface area contributed by atoms with E-state index in [9.17, 15) is 22.8 Å². The molecule has 1 aliphatic rings. The van der Waals surface area contributed by atoms with Crippen LogP contribution in [0.2, 0.25) is 0 Å². The van der Waals surface area contributed by atoms with Crippen molar-refractivity contribution in [3.63, 3.8) is 0 Å². The fourth-order valence-electron chi connectivity index (χ4n) is 2.57. The molecule has 4 N–H and O–H groups in total. The number of carbonyl (C=O) groups excluding carboxylic acids is 2. The minimum atomic E-state index is -4.63. The van der Waals surface area contributed by atoms with E-state index >= 15 is 0 Å². The second kappa shape index (κ2) is 6.43. The summed E-state index contributed by atoms with van der Waals surface area (Å²) in [5, 5.41) is 5.02. The number of alkyl halides is 3. The Hall–Kier alpha value is -2.09. The summed E-state index contributed by atoms with van der Waals surface area (Å²) >= 11 is 0. The highest BCUT2D eigenvalue weighted by Crippen LogP contribution is 2.39. The molecule has 0 saturated heterocycles. The molecule has 0 aliphatic heterocycles. The average molecular weight is 343 g/mol. The van der Waals surface area contributed by atoms with Crippen LogP contribution in [-0.2, 0) is 11.0 Å². The normalized spacial score (nSPS) is 17.1. The van der Waals surface area contributed by atoms with Gasteiger partial charge in [-0.15, -0.1) is 0 Å². The summed E-state index contributed by atoms with van der Waals surface area (Å²) in [6.07, 6.45) is -2.78. The van der Waals surface area contributed by atoms with Crippen LogP contribution < -0.4 is 16.4 Å². The molecule has 0 aromatic heterocycles. The maximum atomic E-state index is 13.0. The standard InChI is InChI=1S/C16H20F3N3O2/c1-9(23)21-13-6-10(5-12(7-13)16(17,18)19)14(24)22-15(2,8-20)11-3-4-11/h5-7,11H,3-4,8,20H2,1-2H3,(H,21,23)(H,22,24). The Morgan fingerprint density at radius 2 is 1.88 bits per heavy atom. The first-order chi connectivity index (χ1) is 11.0. The van der Waals surface area contributed by atoms with Gasteiger partial charge in [-0.3, -0.25) is 9.59 Å². The zero-order chi connectivity index (χ0) is 18.1. The van der Waals surface area contributed by atoms with Crippen molar-refractivity contribution in [3.05, 3.63) is 29.3 Å². The third kappa shape index (κ3) is 4.25. The van der Waals surface area contributed by atoms with Crippen LogP contribution in [0.4, 0.5) is 18.9 Å². The number of hydrogen-bond donors (Lipinski definition) is 3. The van der Waals surface area contributed by atoms with Gasteiger partial charge in [0.15, 0.2) is 0 Å². The molecule has 1 aromatic carbocycles. The van der Waals surface area contributed by atoms with Crippen LogP contribution >= 0.6 is 0 Å². The third-order valence-electron chi connectivity index (χ3n) is 4.14. The van der Waals surface area contributed by atoms with E-state index in [1.54, 1.807) is 6.92 Å². The van der Waals surface area contributed by atoms with Crippen LogP contribution in [-0.4, -0.2) is 23.9 Å². The van der Waals surface area contributed by atoms with Crippen LogP contribution in [0, 0.1) is 5.92 Å². The lowest BCUT2D eigenvalue weighted by Crippen LogP contribution is -2.53.